The highest BCUT2D eigenvalue weighted by Crippen LogP contribution is 2.16. The molecule has 0 spiro atoms. The molecule has 1 aromatic carbocycles. The zero-order valence-corrected chi connectivity index (χ0v) is 9.82. The Morgan fingerprint density at radius 2 is 1.83 bits per heavy atom. The summed E-state index contributed by atoms with van der Waals surface area (Å²) in [6.45, 7) is 2.52. The Morgan fingerprint density at radius 1 is 1.11 bits per heavy atom. The molecule has 0 fully saturated rings. The van der Waals surface area contributed by atoms with Crippen LogP contribution in [0.4, 0.5) is 0 Å². The van der Waals surface area contributed by atoms with Crippen molar-refractivity contribution < 1.29 is 4.52 Å². The largest absolute Gasteiger partial charge is 0.339 e. The summed E-state index contributed by atoms with van der Waals surface area (Å²) >= 11 is 0. The summed E-state index contributed by atoms with van der Waals surface area (Å²) < 4.78 is 6.86. The van der Waals surface area contributed by atoms with Crippen molar-refractivity contribution in [3.63, 3.8) is 0 Å². The predicted octanol–water partition coefficient (Wildman–Crippen LogP) is 1.68. The molecule has 3 rings (SSSR count). The lowest BCUT2D eigenvalue weighted by Crippen LogP contribution is -1.96. The van der Waals surface area contributed by atoms with Crippen LogP contribution in [-0.2, 0) is 6.54 Å². The zero-order chi connectivity index (χ0) is 12.4. The number of benzene rings is 1. The van der Waals surface area contributed by atoms with Crippen molar-refractivity contribution in [1.82, 2.24) is 24.9 Å². The normalized spacial score (nSPS) is 10.7. The smallest absolute Gasteiger partial charge is 0.223 e. The standard InChI is InChI=1S/C12H11N5O/c1-9-15-12(16-18-9)11-4-2-10(3-5-11)6-17-7-13-14-8-17/h2-5,7-8H,6H2,1H3. The summed E-state index contributed by atoms with van der Waals surface area (Å²) in [6, 6.07) is 8.01. The molecular formula is C12H11N5O. The van der Waals surface area contributed by atoms with Crippen molar-refractivity contribution in [2.24, 2.45) is 0 Å². The third-order valence-electron chi connectivity index (χ3n) is 2.57. The molecule has 0 aliphatic carbocycles. The van der Waals surface area contributed by atoms with Crippen LogP contribution in [0.25, 0.3) is 11.4 Å². The fourth-order valence-corrected chi connectivity index (χ4v) is 1.69. The number of aromatic nitrogens is 5. The van der Waals surface area contributed by atoms with Gasteiger partial charge in [0.1, 0.15) is 12.7 Å². The summed E-state index contributed by atoms with van der Waals surface area (Å²) in [5.41, 5.74) is 2.11. The van der Waals surface area contributed by atoms with Crippen molar-refractivity contribution >= 4 is 0 Å². The maximum Gasteiger partial charge on any atom is 0.223 e. The topological polar surface area (TPSA) is 69.6 Å². The molecule has 18 heavy (non-hydrogen) atoms. The van der Waals surface area contributed by atoms with Crippen LogP contribution in [0.5, 0.6) is 0 Å². The van der Waals surface area contributed by atoms with Crippen LogP contribution >= 0.6 is 0 Å². The quantitative estimate of drug-likeness (QED) is 0.697. The third kappa shape index (κ3) is 2.13. The van der Waals surface area contributed by atoms with Gasteiger partial charge in [-0.1, -0.05) is 29.4 Å². The van der Waals surface area contributed by atoms with E-state index in [-0.39, 0.29) is 0 Å². The lowest BCUT2D eigenvalue weighted by molar-refractivity contribution is 0.394. The Hall–Kier alpha value is -2.50. The van der Waals surface area contributed by atoms with E-state index in [4.69, 9.17) is 4.52 Å². The maximum atomic E-state index is 4.95. The van der Waals surface area contributed by atoms with Crippen molar-refractivity contribution in [1.29, 1.82) is 0 Å². The van der Waals surface area contributed by atoms with Gasteiger partial charge in [0.2, 0.25) is 11.7 Å². The van der Waals surface area contributed by atoms with Crippen LogP contribution in [0.15, 0.2) is 41.4 Å². The van der Waals surface area contributed by atoms with Crippen LogP contribution in [0.1, 0.15) is 11.5 Å². The molecule has 0 saturated carbocycles. The van der Waals surface area contributed by atoms with Gasteiger partial charge in [-0.05, 0) is 5.56 Å². The van der Waals surface area contributed by atoms with Crippen LogP contribution in [0.2, 0.25) is 0 Å². The van der Waals surface area contributed by atoms with Gasteiger partial charge in [-0.2, -0.15) is 4.98 Å². The summed E-state index contributed by atoms with van der Waals surface area (Å²) in [4.78, 5) is 4.18. The van der Waals surface area contributed by atoms with E-state index < -0.39 is 0 Å². The second kappa shape index (κ2) is 4.40. The first-order chi connectivity index (χ1) is 8.81. The highest BCUT2D eigenvalue weighted by atomic mass is 16.5. The summed E-state index contributed by atoms with van der Waals surface area (Å²) in [5.74, 6) is 1.18. The molecule has 0 aliphatic rings. The molecule has 0 unspecified atom stereocenters. The Labute approximate surface area is 103 Å². The van der Waals surface area contributed by atoms with E-state index in [1.165, 1.54) is 5.56 Å². The van der Waals surface area contributed by atoms with E-state index in [9.17, 15) is 0 Å². The van der Waals surface area contributed by atoms with Crippen LogP contribution in [-0.4, -0.2) is 24.9 Å². The summed E-state index contributed by atoms with van der Waals surface area (Å²) in [5, 5.41) is 11.4. The Balaban J connectivity index is 1.81. The molecule has 0 amide bonds. The SMILES string of the molecule is Cc1nc(-c2ccc(Cn3cnnc3)cc2)no1. The van der Waals surface area contributed by atoms with Gasteiger partial charge in [0, 0.05) is 19.0 Å². The number of aryl methyl sites for hydroxylation is 1. The van der Waals surface area contributed by atoms with Gasteiger partial charge in [-0.25, -0.2) is 0 Å². The van der Waals surface area contributed by atoms with Crippen molar-refractivity contribution in [2.45, 2.75) is 13.5 Å². The van der Waals surface area contributed by atoms with Crippen LogP contribution < -0.4 is 0 Å². The minimum atomic E-state index is 0.568. The number of hydrogen-bond acceptors (Lipinski definition) is 5. The molecule has 2 heterocycles. The van der Waals surface area contributed by atoms with Gasteiger partial charge >= 0.3 is 0 Å². The molecule has 0 bridgehead atoms. The molecule has 0 N–H and O–H groups in total. The van der Waals surface area contributed by atoms with Gasteiger partial charge in [0.15, 0.2) is 0 Å². The van der Waals surface area contributed by atoms with Crippen LogP contribution in [0.3, 0.4) is 0 Å². The van der Waals surface area contributed by atoms with E-state index >= 15 is 0 Å². The number of nitrogens with zero attached hydrogens (tertiary/aromatic N) is 5. The number of hydrogen-bond donors (Lipinski definition) is 0. The second-order valence-electron chi connectivity index (χ2n) is 3.97. The van der Waals surface area contributed by atoms with E-state index in [0.717, 1.165) is 12.1 Å². The number of rotatable bonds is 3. The van der Waals surface area contributed by atoms with Gasteiger partial charge < -0.3 is 9.09 Å². The molecule has 6 nitrogen and oxygen atoms in total. The summed E-state index contributed by atoms with van der Waals surface area (Å²) in [6.07, 6.45) is 3.38. The Kier molecular flexibility index (Phi) is 2.60. The van der Waals surface area contributed by atoms with Gasteiger partial charge in [-0.3, -0.25) is 0 Å². The van der Waals surface area contributed by atoms with Gasteiger partial charge in [0.05, 0.1) is 0 Å². The average molecular weight is 241 g/mol. The van der Waals surface area contributed by atoms with Crippen molar-refractivity contribution in [2.75, 3.05) is 0 Å². The van der Waals surface area contributed by atoms with E-state index in [0.29, 0.717) is 11.7 Å². The molecule has 2 aromatic heterocycles. The maximum absolute atomic E-state index is 4.95. The molecular weight excluding hydrogens is 230 g/mol. The first-order valence-corrected chi connectivity index (χ1v) is 5.53. The molecule has 0 radical (unpaired) electrons. The molecule has 0 saturated heterocycles. The average Bonchev–Trinajstić information content (AvgIpc) is 3.02. The molecule has 0 atom stereocenters. The summed E-state index contributed by atoms with van der Waals surface area (Å²) in [7, 11) is 0. The van der Waals surface area contributed by atoms with Crippen molar-refractivity contribution in [3.05, 3.63) is 48.4 Å². The third-order valence-corrected chi connectivity index (χ3v) is 2.57. The van der Waals surface area contributed by atoms with E-state index in [1.807, 2.05) is 28.8 Å². The Morgan fingerprint density at radius 3 is 2.44 bits per heavy atom. The zero-order valence-electron chi connectivity index (χ0n) is 9.82. The first kappa shape index (κ1) is 10.6. The van der Waals surface area contributed by atoms with E-state index in [1.54, 1.807) is 19.6 Å². The highest BCUT2D eigenvalue weighted by molar-refractivity contribution is 5.54. The van der Waals surface area contributed by atoms with E-state index in [2.05, 4.69) is 20.3 Å². The molecule has 3 aromatic rings. The highest BCUT2D eigenvalue weighted by Gasteiger charge is 2.05. The Bertz CT molecular complexity index is 627. The first-order valence-electron chi connectivity index (χ1n) is 5.53. The minimum Gasteiger partial charge on any atom is -0.339 e. The van der Waals surface area contributed by atoms with Gasteiger partial charge in [0.25, 0.3) is 0 Å². The lowest BCUT2D eigenvalue weighted by atomic mass is 10.1. The van der Waals surface area contributed by atoms with Gasteiger partial charge in [-0.15, -0.1) is 10.2 Å². The molecule has 6 heteroatoms. The lowest BCUT2D eigenvalue weighted by Gasteiger charge is -2.02. The predicted molar refractivity (Wildman–Crippen MR) is 63.6 cm³/mol. The second-order valence-corrected chi connectivity index (χ2v) is 3.97. The van der Waals surface area contributed by atoms with Crippen molar-refractivity contribution in [3.8, 4) is 11.4 Å². The monoisotopic (exact) mass is 241 g/mol. The molecule has 90 valence electrons. The minimum absolute atomic E-state index is 0.568. The fraction of sp³-hybridized carbons (Fsp3) is 0.167. The molecule has 0 aliphatic heterocycles. The van der Waals surface area contributed by atoms with Crippen LogP contribution in [0, 0.1) is 6.92 Å². The fourth-order valence-electron chi connectivity index (χ4n) is 1.69.